The molecule has 0 saturated carbocycles. The van der Waals surface area contributed by atoms with Gasteiger partial charge in [-0.25, -0.2) is 4.39 Å². The summed E-state index contributed by atoms with van der Waals surface area (Å²) >= 11 is 0. The average molecular weight is 271 g/mol. The molecule has 0 aliphatic carbocycles. The topological polar surface area (TPSA) is 89.8 Å². The molecule has 1 rings (SSSR count). The molecule has 4 N–H and O–H groups in total. The number of aliphatic hydroxyl groups excluding tert-OH is 3. The molecule has 106 valence electrons. The molecule has 2 unspecified atom stereocenters. The lowest BCUT2D eigenvalue weighted by Gasteiger charge is -2.19. The van der Waals surface area contributed by atoms with Crippen LogP contribution >= 0.6 is 0 Å². The van der Waals surface area contributed by atoms with E-state index in [-0.39, 0.29) is 30.0 Å². The minimum atomic E-state index is -1.40. The van der Waals surface area contributed by atoms with E-state index in [1.54, 1.807) is 0 Å². The summed E-state index contributed by atoms with van der Waals surface area (Å²) in [6.07, 6.45) is -2.50. The van der Waals surface area contributed by atoms with E-state index in [1.165, 1.54) is 25.1 Å². The molecule has 0 heterocycles. The Morgan fingerprint density at radius 1 is 1.42 bits per heavy atom. The molecular weight excluding hydrogens is 253 g/mol. The molecule has 0 fully saturated rings. The number of hydrogen-bond donors (Lipinski definition) is 4. The number of carbonyl (C=O) groups is 1. The van der Waals surface area contributed by atoms with E-state index in [0.717, 1.165) is 0 Å². The fourth-order valence-corrected chi connectivity index (χ4v) is 1.71. The molecule has 0 aliphatic rings. The first-order valence-corrected chi connectivity index (χ1v) is 5.96. The Balaban J connectivity index is 2.71. The Kier molecular flexibility index (Phi) is 5.88. The number of benzene rings is 1. The molecule has 0 saturated heterocycles. The molecule has 1 aromatic carbocycles. The lowest BCUT2D eigenvalue weighted by atomic mass is 9.99. The van der Waals surface area contributed by atoms with E-state index in [0.29, 0.717) is 0 Å². The second-order valence-electron chi connectivity index (χ2n) is 4.26. The van der Waals surface area contributed by atoms with Crippen molar-refractivity contribution in [3.05, 3.63) is 35.1 Å². The molecule has 19 heavy (non-hydrogen) atoms. The zero-order valence-electron chi connectivity index (χ0n) is 10.6. The van der Waals surface area contributed by atoms with Gasteiger partial charge in [0.25, 0.3) is 0 Å². The number of carbonyl (C=O) groups excluding carboxylic acids is 1. The van der Waals surface area contributed by atoms with Crippen molar-refractivity contribution in [1.29, 1.82) is 0 Å². The van der Waals surface area contributed by atoms with Crippen molar-refractivity contribution in [3.8, 4) is 0 Å². The summed E-state index contributed by atoms with van der Waals surface area (Å²) in [7, 11) is 0. The maximum Gasteiger partial charge on any atom is 0.216 e. The SMILES string of the molecule is CC(=O)NCCC(O)C(O)c1cccc(CO)c1F. The number of halogens is 1. The number of amides is 1. The first kappa shape index (κ1) is 15.6. The first-order valence-electron chi connectivity index (χ1n) is 5.96. The minimum Gasteiger partial charge on any atom is -0.392 e. The minimum absolute atomic E-state index is 0.0608. The molecule has 6 heteroatoms. The van der Waals surface area contributed by atoms with Crippen LogP contribution in [0.5, 0.6) is 0 Å². The van der Waals surface area contributed by atoms with Crippen LogP contribution in [0.25, 0.3) is 0 Å². The second-order valence-corrected chi connectivity index (χ2v) is 4.26. The normalized spacial score (nSPS) is 13.9. The zero-order valence-corrected chi connectivity index (χ0v) is 10.6. The summed E-state index contributed by atoms with van der Waals surface area (Å²) in [6, 6.07) is 4.24. The van der Waals surface area contributed by atoms with Crippen LogP contribution in [0.1, 0.15) is 30.6 Å². The molecule has 1 aromatic rings. The fraction of sp³-hybridized carbons (Fsp3) is 0.462. The van der Waals surface area contributed by atoms with Gasteiger partial charge in [0.15, 0.2) is 0 Å². The smallest absolute Gasteiger partial charge is 0.216 e. The van der Waals surface area contributed by atoms with Gasteiger partial charge < -0.3 is 20.6 Å². The van der Waals surface area contributed by atoms with E-state index in [1.807, 2.05) is 0 Å². The van der Waals surface area contributed by atoms with Crippen LogP contribution < -0.4 is 5.32 Å². The first-order chi connectivity index (χ1) is 8.97. The summed E-state index contributed by atoms with van der Waals surface area (Å²) in [5.41, 5.74) is -0.00696. The van der Waals surface area contributed by atoms with Crippen LogP contribution in [-0.4, -0.2) is 33.9 Å². The summed E-state index contributed by atoms with van der Waals surface area (Å²) in [5.74, 6) is -0.966. The highest BCUT2D eigenvalue weighted by atomic mass is 19.1. The number of aliphatic hydroxyl groups is 3. The summed E-state index contributed by atoms with van der Waals surface area (Å²) < 4.78 is 13.8. The van der Waals surface area contributed by atoms with Gasteiger partial charge in [-0.3, -0.25) is 4.79 Å². The van der Waals surface area contributed by atoms with Gasteiger partial charge in [0.2, 0.25) is 5.91 Å². The standard InChI is InChI=1S/C13H18FNO4/c1-8(17)15-6-5-11(18)13(19)10-4-2-3-9(7-16)12(10)14/h2-4,11,13,16,18-19H,5-7H2,1H3,(H,15,17). The molecule has 5 nitrogen and oxygen atoms in total. The Hall–Kier alpha value is -1.50. The van der Waals surface area contributed by atoms with Crippen LogP contribution in [-0.2, 0) is 11.4 Å². The van der Waals surface area contributed by atoms with Crippen molar-refractivity contribution in [1.82, 2.24) is 5.32 Å². The Morgan fingerprint density at radius 3 is 2.68 bits per heavy atom. The highest BCUT2D eigenvalue weighted by molar-refractivity contribution is 5.72. The third-order valence-corrected chi connectivity index (χ3v) is 2.78. The fourth-order valence-electron chi connectivity index (χ4n) is 1.71. The van der Waals surface area contributed by atoms with Gasteiger partial charge >= 0.3 is 0 Å². The van der Waals surface area contributed by atoms with Gasteiger partial charge in [-0.2, -0.15) is 0 Å². The highest BCUT2D eigenvalue weighted by Gasteiger charge is 2.22. The summed E-state index contributed by atoms with van der Waals surface area (Å²) in [4.78, 5) is 10.7. The van der Waals surface area contributed by atoms with Gasteiger partial charge in [-0.15, -0.1) is 0 Å². The molecule has 0 bridgehead atoms. The quantitative estimate of drug-likeness (QED) is 0.596. The van der Waals surface area contributed by atoms with E-state index >= 15 is 0 Å². The van der Waals surface area contributed by atoms with Crippen molar-refractivity contribution in [2.75, 3.05) is 6.54 Å². The monoisotopic (exact) mass is 271 g/mol. The van der Waals surface area contributed by atoms with Gasteiger partial charge in [-0.1, -0.05) is 18.2 Å². The van der Waals surface area contributed by atoms with Crippen LogP contribution in [0.3, 0.4) is 0 Å². The van der Waals surface area contributed by atoms with E-state index in [9.17, 15) is 19.4 Å². The molecule has 0 aromatic heterocycles. The van der Waals surface area contributed by atoms with Gasteiger partial charge in [0.1, 0.15) is 11.9 Å². The average Bonchev–Trinajstić information content (AvgIpc) is 2.37. The van der Waals surface area contributed by atoms with Crippen molar-refractivity contribution >= 4 is 5.91 Å². The zero-order chi connectivity index (χ0) is 14.4. The van der Waals surface area contributed by atoms with Crippen molar-refractivity contribution in [2.24, 2.45) is 0 Å². The molecular formula is C13H18FNO4. The van der Waals surface area contributed by atoms with E-state index in [2.05, 4.69) is 5.32 Å². The van der Waals surface area contributed by atoms with Gasteiger partial charge in [0.05, 0.1) is 12.7 Å². The predicted molar refractivity (Wildman–Crippen MR) is 66.6 cm³/mol. The molecule has 1 amide bonds. The van der Waals surface area contributed by atoms with Gasteiger partial charge in [0, 0.05) is 24.6 Å². The van der Waals surface area contributed by atoms with Gasteiger partial charge in [-0.05, 0) is 6.42 Å². The third-order valence-electron chi connectivity index (χ3n) is 2.78. The Bertz CT molecular complexity index is 439. The van der Waals surface area contributed by atoms with Crippen molar-refractivity contribution in [3.63, 3.8) is 0 Å². The maximum absolute atomic E-state index is 13.8. The Morgan fingerprint density at radius 2 is 2.11 bits per heavy atom. The number of rotatable bonds is 6. The lowest BCUT2D eigenvalue weighted by molar-refractivity contribution is -0.119. The summed E-state index contributed by atoms with van der Waals surface area (Å²) in [6.45, 7) is 1.05. The van der Waals surface area contributed by atoms with E-state index < -0.39 is 24.6 Å². The number of nitrogens with one attached hydrogen (secondary N) is 1. The van der Waals surface area contributed by atoms with Crippen LogP contribution in [0, 0.1) is 5.82 Å². The number of hydrogen-bond acceptors (Lipinski definition) is 4. The Labute approximate surface area is 110 Å². The highest BCUT2D eigenvalue weighted by Crippen LogP contribution is 2.24. The molecule has 2 atom stereocenters. The van der Waals surface area contributed by atoms with Crippen molar-refractivity contribution < 1.29 is 24.5 Å². The molecule has 0 radical (unpaired) electrons. The molecule has 0 spiro atoms. The maximum atomic E-state index is 13.8. The van der Waals surface area contributed by atoms with E-state index in [4.69, 9.17) is 5.11 Å². The van der Waals surface area contributed by atoms with Crippen LogP contribution in [0.4, 0.5) is 4.39 Å². The largest absolute Gasteiger partial charge is 0.392 e. The summed E-state index contributed by atoms with van der Waals surface area (Å²) in [5, 5.41) is 31.0. The predicted octanol–water partition coefficient (Wildman–Crippen LogP) is 0.238. The van der Waals surface area contributed by atoms with Crippen LogP contribution in [0.15, 0.2) is 18.2 Å². The van der Waals surface area contributed by atoms with Crippen molar-refractivity contribution in [2.45, 2.75) is 32.2 Å². The second kappa shape index (κ2) is 7.18. The third kappa shape index (κ3) is 4.27. The van der Waals surface area contributed by atoms with Crippen LogP contribution in [0.2, 0.25) is 0 Å². The molecule has 0 aliphatic heterocycles. The lowest BCUT2D eigenvalue weighted by Crippen LogP contribution is -2.28.